The lowest BCUT2D eigenvalue weighted by molar-refractivity contribution is -0.686. The third-order valence-electron chi connectivity index (χ3n) is 4.55. The molecule has 8 heteroatoms. The van der Waals surface area contributed by atoms with Gasteiger partial charge < -0.3 is 14.2 Å². The van der Waals surface area contributed by atoms with Crippen LogP contribution in [0, 0.1) is 5.92 Å². The molecule has 2 heterocycles. The highest BCUT2D eigenvalue weighted by Crippen LogP contribution is 2.39. The molecule has 0 fully saturated rings. The zero-order valence-corrected chi connectivity index (χ0v) is 16.7. The number of nitrogens with zero attached hydrogens (tertiary/aromatic N) is 2. The Hall–Kier alpha value is -3.03. The summed E-state index contributed by atoms with van der Waals surface area (Å²) < 4.78 is 16.5. The second-order valence-electron chi connectivity index (χ2n) is 6.34. The third kappa shape index (κ3) is 4.44. The van der Waals surface area contributed by atoms with E-state index in [0.29, 0.717) is 17.0 Å². The van der Waals surface area contributed by atoms with Gasteiger partial charge in [-0.15, -0.1) is 0 Å². The van der Waals surface area contributed by atoms with Crippen molar-refractivity contribution in [2.45, 2.75) is 33.2 Å². The van der Waals surface area contributed by atoms with Gasteiger partial charge in [-0.05, 0) is 26.8 Å². The summed E-state index contributed by atoms with van der Waals surface area (Å²) in [6.07, 6.45) is 3.43. The van der Waals surface area contributed by atoms with E-state index in [-0.39, 0.29) is 24.7 Å². The SMILES string of the molecule is CCOC(=O)C[n+]1cccc(C2C(C(=O)OC)=C(C)N=C(C)C2C(=O)OC)c1. The minimum atomic E-state index is -0.777. The normalized spacial score (nSPS) is 19.0. The van der Waals surface area contributed by atoms with Crippen LogP contribution in [0.3, 0.4) is 0 Å². The number of pyridine rings is 1. The smallest absolute Gasteiger partial charge is 0.372 e. The van der Waals surface area contributed by atoms with Crippen molar-refractivity contribution in [1.29, 1.82) is 0 Å². The number of carbonyl (C=O) groups is 3. The van der Waals surface area contributed by atoms with Gasteiger partial charge in [-0.25, -0.2) is 9.59 Å². The van der Waals surface area contributed by atoms with Crippen molar-refractivity contribution >= 4 is 23.6 Å². The van der Waals surface area contributed by atoms with Gasteiger partial charge in [0.05, 0.1) is 26.4 Å². The average Bonchev–Trinajstić information content (AvgIpc) is 2.66. The molecule has 0 amide bonds. The first-order chi connectivity index (χ1) is 13.3. The molecule has 0 aliphatic carbocycles. The molecule has 0 spiro atoms. The molecule has 1 aromatic heterocycles. The van der Waals surface area contributed by atoms with Crippen molar-refractivity contribution in [3.8, 4) is 0 Å². The molecule has 150 valence electrons. The Morgan fingerprint density at radius 2 is 1.89 bits per heavy atom. The van der Waals surface area contributed by atoms with Gasteiger partial charge in [0.25, 0.3) is 0 Å². The predicted molar refractivity (Wildman–Crippen MR) is 99.3 cm³/mol. The van der Waals surface area contributed by atoms with E-state index < -0.39 is 23.8 Å². The molecule has 8 nitrogen and oxygen atoms in total. The van der Waals surface area contributed by atoms with Crippen molar-refractivity contribution in [2.75, 3.05) is 20.8 Å². The van der Waals surface area contributed by atoms with Crippen LogP contribution in [0.15, 0.2) is 40.8 Å². The molecular weight excluding hydrogens is 364 g/mol. The summed E-state index contributed by atoms with van der Waals surface area (Å²) in [4.78, 5) is 41.2. The number of carbonyl (C=O) groups excluding carboxylic acids is 3. The Bertz CT molecular complexity index is 843. The van der Waals surface area contributed by atoms with Crippen molar-refractivity contribution in [1.82, 2.24) is 0 Å². The van der Waals surface area contributed by atoms with Gasteiger partial charge in [0.2, 0.25) is 6.54 Å². The van der Waals surface area contributed by atoms with Gasteiger partial charge in [0.15, 0.2) is 12.4 Å². The molecule has 1 aliphatic rings. The standard InChI is InChI=1S/C20H25N2O6/c1-6-28-15(23)11-22-9-7-8-14(10-22)18-16(19(24)26-4)12(2)21-13(3)17(18)20(25)27-5/h7-10,16,18H,6,11H2,1-5H3/q+1. The molecular formula is C20H25N2O6+. The molecule has 0 saturated heterocycles. The number of aliphatic imine (C=N–C) groups is 1. The first kappa shape index (κ1) is 21.3. The van der Waals surface area contributed by atoms with Crippen LogP contribution in [0.2, 0.25) is 0 Å². The Labute approximate surface area is 163 Å². The summed E-state index contributed by atoms with van der Waals surface area (Å²) in [5.74, 6) is -2.86. The topological polar surface area (TPSA) is 95.1 Å². The molecule has 28 heavy (non-hydrogen) atoms. The molecule has 0 saturated carbocycles. The Morgan fingerprint density at radius 1 is 1.18 bits per heavy atom. The van der Waals surface area contributed by atoms with Crippen LogP contribution in [0.1, 0.15) is 32.3 Å². The number of hydrogen-bond acceptors (Lipinski definition) is 7. The van der Waals surface area contributed by atoms with E-state index in [4.69, 9.17) is 14.2 Å². The fraction of sp³-hybridized carbons (Fsp3) is 0.450. The van der Waals surface area contributed by atoms with Crippen LogP contribution in [-0.2, 0) is 35.1 Å². The highest BCUT2D eigenvalue weighted by molar-refractivity contribution is 6.06. The summed E-state index contributed by atoms with van der Waals surface area (Å²) in [7, 11) is 2.57. The average molecular weight is 389 g/mol. The van der Waals surface area contributed by atoms with E-state index in [1.807, 2.05) is 0 Å². The van der Waals surface area contributed by atoms with Crippen LogP contribution >= 0.6 is 0 Å². The number of esters is 3. The second kappa shape index (κ2) is 9.25. The summed E-state index contributed by atoms with van der Waals surface area (Å²) in [6.45, 7) is 5.46. The van der Waals surface area contributed by atoms with E-state index in [1.54, 1.807) is 49.9 Å². The minimum absolute atomic E-state index is 0.0145. The third-order valence-corrected chi connectivity index (χ3v) is 4.55. The molecule has 0 N–H and O–H groups in total. The fourth-order valence-electron chi connectivity index (χ4n) is 3.38. The van der Waals surface area contributed by atoms with Crippen molar-refractivity contribution in [2.24, 2.45) is 10.9 Å². The van der Waals surface area contributed by atoms with Crippen LogP contribution < -0.4 is 4.57 Å². The maximum atomic E-state index is 12.5. The number of methoxy groups -OCH3 is 2. The maximum absolute atomic E-state index is 12.5. The highest BCUT2D eigenvalue weighted by atomic mass is 16.5. The molecule has 0 aromatic carbocycles. The van der Waals surface area contributed by atoms with E-state index in [9.17, 15) is 14.4 Å². The summed E-state index contributed by atoms with van der Waals surface area (Å²) >= 11 is 0. The molecule has 2 atom stereocenters. The van der Waals surface area contributed by atoms with Gasteiger partial charge >= 0.3 is 17.9 Å². The van der Waals surface area contributed by atoms with Crippen LogP contribution in [0.25, 0.3) is 0 Å². The van der Waals surface area contributed by atoms with Gasteiger partial charge in [-0.3, -0.25) is 9.79 Å². The van der Waals surface area contributed by atoms with E-state index in [1.165, 1.54) is 14.2 Å². The van der Waals surface area contributed by atoms with Gasteiger partial charge in [-0.2, -0.15) is 4.57 Å². The number of hydrogen-bond donors (Lipinski definition) is 0. The Kier molecular flexibility index (Phi) is 7.03. The lowest BCUT2D eigenvalue weighted by Crippen LogP contribution is -2.41. The fourth-order valence-corrected chi connectivity index (χ4v) is 3.38. The molecule has 0 bridgehead atoms. The van der Waals surface area contributed by atoms with Gasteiger partial charge in [-0.1, -0.05) is 0 Å². The highest BCUT2D eigenvalue weighted by Gasteiger charge is 2.43. The monoisotopic (exact) mass is 389 g/mol. The van der Waals surface area contributed by atoms with Crippen LogP contribution in [0.4, 0.5) is 0 Å². The lowest BCUT2D eigenvalue weighted by Gasteiger charge is -2.30. The van der Waals surface area contributed by atoms with E-state index >= 15 is 0 Å². The number of rotatable bonds is 6. The summed E-state index contributed by atoms with van der Waals surface area (Å²) in [5.41, 5.74) is 1.98. The van der Waals surface area contributed by atoms with Crippen molar-refractivity contribution in [3.05, 3.63) is 41.4 Å². The molecule has 2 unspecified atom stereocenters. The number of aromatic nitrogens is 1. The first-order valence-electron chi connectivity index (χ1n) is 8.90. The van der Waals surface area contributed by atoms with Gasteiger partial charge in [0, 0.05) is 29.0 Å². The Balaban J connectivity index is 2.56. The summed E-state index contributed by atoms with van der Waals surface area (Å²) in [5, 5.41) is 0. The lowest BCUT2D eigenvalue weighted by atomic mass is 9.76. The van der Waals surface area contributed by atoms with Crippen LogP contribution in [-0.4, -0.2) is 44.4 Å². The number of allylic oxidation sites excluding steroid dienone is 1. The van der Waals surface area contributed by atoms with Crippen LogP contribution in [0.5, 0.6) is 0 Å². The first-order valence-corrected chi connectivity index (χ1v) is 8.90. The predicted octanol–water partition coefficient (Wildman–Crippen LogP) is 1.33. The molecule has 0 radical (unpaired) electrons. The molecule has 1 aromatic rings. The maximum Gasteiger partial charge on any atom is 0.372 e. The molecule has 2 rings (SSSR count). The largest absolute Gasteiger partial charge is 0.468 e. The Morgan fingerprint density at radius 3 is 2.50 bits per heavy atom. The summed E-state index contributed by atoms with van der Waals surface area (Å²) in [6, 6.07) is 3.53. The van der Waals surface area contributed by atoms with E-state index in [2.05, 4.69) is 4.99 Å². The minimum Gasteiger partial charge on any atom is -0.468 e. The van der Waals surface area contributed by atoms with Crippen molar-refractivity contribution in [3.63, 3.8) is 0 Å². The quantitative estimate of drug-likeness (QED) is 0.414. The molecule has 1 aliphatic heterocycles. The van der Waals surface area contributed by atoms with E-state index in [0.717, 1.165) is 0 Å². The number of ether oxygens (including phenoxy) is 3. The second-order valence-corrected chi connectivity index (χ2v) is 6.34. The zero-order chi connectivity index (χ0) is 20.8. The zero-order valence-electron chi connectivity index (χ0n) is 16.7. The van der Waals surface area contributed by atoms with Gasteiger partial charge in [0.1, 0.15) is 5.92 Å². The van der Waals surface area contributed by atoms with Crippen molar-refractivity contribution < 1.29 is 33.2 Å².